The molecular weight excluding hydrogens is 176 g/mol. The first-order valence-corrected chi connectivity index (χ1v) is 5.41. The summed E-state index contributed by atoms with van der Waals surface area (Å²) in [5.74, 6) is 0.205. The number of amides is 1. The van der Waals surface area contributed by atoms with Gasteiger partial charge in [0.25, 0.3) is 0 Å². The van der Waals surface area contributed by atoms with Crippen molar-refractivity contribution in [1.82, 2.24) is 4.90 Å². The van der Waals surface area contributed by atoms with E-state index in [1.807, 2.05) is 25.8 Å². The Balaban J connectivity index is 4.15. The van der Waals surface area contributed by atoms with Crippen LogP contribution in [0, 0.1) is 5.41 Å². The van der Waals surface area contributed by atoms with Crippen molar-refractivity contribution in [3.63, 3.8) is 0 Å². The van der Waals surface area contributed by atoms with Crippen molar-refractivity contribution in [2.24, 2.45) is 11.1 Å². The van der Waals surface area contributed by atoms with Gasteiger partial charge >= 0.3 is 0 Å². The molecule has 0 saturated carbocycles. The van der Waals surface area contributed by atoms with Crippen molar-refractivity contribution in [1.29, 1.82) is 0 Å². The average Bonchev–Trinajstić information content (AvgIpc) is 2.12. The van der Waals surface area contributed by atoms with Gasteiger partial charge in [-0.3, -0.25) is 4.79 Å². The Bertz CT molecular complexity index is 178. The van der Waals surface area contributed by atoms with Crippen LogP contribution in [0.25, 0.3) is 0 Å². The summed E-state index contributed by atoms with van der Waals surface area (Å²) >= 11 is 0. The summed E-state index contributed by atoms with van der Waals surface area (Å²) in [6.45, 7) is 7.47. The molecule has 0 aliphatic heterocycles. The maximum atomic E-state index is 11.9. The topological polar surface area (TPSA) is 46.3 Å². The van der Waals surface area contributed by atoms with Gasteiger partial charge in [-0.05, 0) is 19.4 Å². The average molecular weight is 200 g/mol. The van der Waals surface area contributed by atoms with Crippen molar-refractivity contribution in [3.8, 4) is 0 Å². The van der Waals surface area contributed by atoms with Crippen LogP contribution in [0.2, 0.25) is 0 Å². The van der Waals surface area contributed by atoms with Crippen LogP contribution in [0.1, 0.15) is 40.0 Å². The molecule has 0 bridgehead atoms. The molecule has 0 unspecified atom stereocenters. The molecule has 0 atom stereocenters. The van der Waals surface area contributed by atoms with E-state index >= 15 is 0 Å². The number of nitrogens with two attached hydrogens (primary N) is 1. The molecule has 2 N–H and O–H groups in total. The van der Waals surface area contributed by atoms with Gasteiger partial charge in [0.2, 0.25) is 5.91 Å². The molecule has 0 aromatic carbocycles. The van der Waals surface area contributed by atoms with Crippen LogP contribution in [-0.4, -0.2) is 30.9 Å². The smallest absolute Gasteiger partial charge is 0.228 e. The zero-order valence-corrected chi connectivity index (χ0v) is 9.97. The summed E-state index contributed by atoms with van der Waals surface area (Å²) in [4.78, 5) is 13.7. The number of hydrogen-bond donors (Lipinski definition) is 1. The van der Waals surface area contributed by atoms with E-state index in [0.717, 1.165) is 25.8 Å². The fraction of sp³-hybridized carbons (Fsp3) is 0.909. The fourth-order valence-corrected chi connectivity index (χ4v) is 1.48. The minimum atomic E-state index is -0.308. The minimum Gasteiger partial charge on any atom is -0.345 e. The highest BCUT2D eigenvalue weighted by Crippen LogP contribution is 2.22. The fourth-order valence-electron chi connectivity index (χ4n) is 1.48. The van der Waals surface area contributed by atoms with Gasteiger partial charge in [0.05, 0.1) is 0 Å². The normalized spacial score (nSPS) is 11.5. The highest BCUT2D eigenvalue weighted by molar-refractivity contribution is 5.81. The van der Waals surface area contributed by atoms with Gasteiger partial charge < -0.3 is 10.6 Å². The number of hydrogen-bond acceptors (Lipinski definition) is 2. The second-order valence-electron chi connectivity index (χ2n) is 4.50. The third-order valence-electron chi connectivity index (χ3n) is 2.54. The van der Waals surface area contributed by atoms with Crippen molar-refractivity contribution >= 4 is 5.91 Å². The Morgan fingerprint density at radius 1 is 1.43 bits per heavy atom. The standard InChI is InChI=1S/C11H24N2O/c1-5-6-9-13(4)10(14)11(2,3)7-8-12/h5-9,12H2,1-4H3. The van der Waals surface area contributed by atoms with E-state index in [2.05, 4.69) is 6.92 Å². The van der Waals surface area contributed by atoms with Crippen molar-refractivity contribution in [2.45, 2.75) is 40.0 Å². The van der Waals surface area contributed by atoms with Crippen molar-refractivity contribution in [2.75, 3.05) is 20.1 Å². The van der Waals surface area contributed by atoms with Crippen LogP contribution in [0.15, 0.2) is 0 Å². The van der Waals surface area contributed by atoms with Crippen LogP contribution in [0.4, 0.5) is 0 Å². The van der Waals surface area contributed by atoms with Gasteiger partial charge in [-0.25, -0.2) is 0 Å². The van der Waals surface area contributed by atoms with Crippen LogP contribution < -0.4 is 5.73 Å². The highest BCUT2D eigenvalue weighted by Gasteiger charge is 2.28. The highest BCUT2D eigenvalue weighted by atomic mass is 16.2. The molecule has 0 aliphatic rings. The number of carbonyl (C=O) groups is 1. The van der Waals surface area contributed by atoms with Gasteiger partial charge in [-0.1, -0.05) is 27.2 Å². The zero-order valence-electron chi connectivity index (χ0n) is 9.97. The number of nitrogens with zero attached hydrogens (tertiary/aromatic N) is 1. The summed E-state index contributed by atoms with van der Waals surface area (Å²) in [5, 5.41) is 0. The largest absolute Gasteiger partial charge is 0.345 e. The lowest BCUT2D eigenvalue weighted by molar-refractivity contribution is -0.139. The molecule has 0 radical (unpaired) electrons. The predicted molar refractivity (Wildman–Crippen MR) is 60.0 cm³/mol. The summed E-state index contributed by atoms with van der Waals surface area (Å²) in [6.07, 6.45) is 2.94. The number of rotatable bonds is 6. The van der Waals surface area contributed by atoms with Gasteiger partial charge in [0.15, 0.2) is 0 Å². The lowest BCUT2D eigenvalue weighted by Gasteiger charge is -2.29. The summed E-state index contributed by atoms with van der Waals surface area (Å²) < 4.78 is 0. The van der Waals surface area contributed by atoms with Crippen LogP contribution in [-0.2, 0) is 4.79 Å². The summed E-state index contributed by atoms with van der Waals surface area (Å²) in [6, 6.07) is 0. The molecule has 1 amide bonds. The molecule has 84 valence electrons. The van der Waals surface area contributed by atoms with E-state index in [0.29, 0.717) is 6.54 Å². The third kappa shape index (κ3) is 4.09. The first-order valence-electron chi connectivity index (χ1n) is 5.41. The van der Waals surface area contributed by atoms with E-state index in [-0.39, 0.29) is 11.3 Å². The third-order valence-corrected chi connectivity index (χ3v) is 2.54. The molecule has 0 spiro atoms. The molecule has 0 heterocycles. The molecule has 0 rings (SSSR count). The van der Waals surface area contributed by atoms with E-state index in [4.69, 9.17) is 5.73 Å². The molecule has 0 aliphatic carbocycles. The van der Waals surface area contributed by atoms with Gasteiger partial charge in [-0.15, -0.1) is 0 Å². The molecule has 14 heavy (non-hydrogen) atoms. The quantitative estimate of drug-likeness (QED) is 0.708. The van der Waals surface area contributed by atoms with Crippen LogP contribution in [0.3, 0.4) is 0 Å². The van der Waals surface area contributed by atoms with Gasteiger partial charge in [0.1, 0.15) is 0 Å². The summed E-state index contributed by atoms with van der Waals surface area (Å²) in [5.41, 5.74) is 5.17. The van der Waals surface area contributed by atoms with Gasteiger partial charge in [-0.2, -0.15) is 0 Å². The monoisotopic (exact) mass is 200 g/mol. The first-order chi connectivity index (χ1) is 6.45. The van der Waals surface area contributed by atoms with Gasteiger partial charge in [0, 0.05) is 19.0 Å². The maximum Gasteiger partial charge on any atom is 0.228 e. The zero-order chi connectivity index (χ0) is 11.2. The molecule has 0 fully saturated rings. The second-order valence-corrected chi connectivity index (χ2v) is 4.50. The molecule has 0 aromatic heterocycles. The Morgan fingerprint density at radius 2 is 2.00 bits per heavy atom. The predicted octanol–water partition coefficient (Wildman–Crippen LogP) is 1.62. The number of unbranched alkanes of at least 4 members (excludes halogenated alkanes) is 1. The van der Waals surface area contributed by atoms with E-state index < -0.39 is 0 Å². The van der Waals surface area contributed by atoms with Crippen molar-refractivity contribution in [3.05, 3.63) is 0 Å². The minimum absolute atomic E-state index is 0.205. The lowest BCUT2D eigenvalue weighted by Crippen LogP contribution is -2.40. The lowest BCUT2D eigenvalue weighted by atomic mass is 9.87. The summed E-state index contributed by atoms with van der Waals surface area (Å²) in [7, 11) is 1.87. The molecule has 3 heteroatoms. The second kappa shape index (κ2) is 6.02. The Kier molecular flexibility index (Phi) is 5.77. The molecule has 0 aromatic rings. The number of carbonyl (C=O) groups excluding carboxylic acids is 1. The molecule has 3 nitrogen and oxygen atoms in total. The maximum absolute atomic E-state index is 11.9. The Labute approximate surface area is 87.6 Å². The SMILES string of the molecule is CCCCN(C)C(=O)C(C)(C)CCN. The van der Waals surface area contributed by atoms with E-state index in [1.54, 1.807) is 0 Å². The van der Waals surface area contributed by atoms with Crippen LogP contribution >= 0.6 is 0 Å². The van der Waals surface area contributed by atoms with Crippen molar-refractivity contribution < 1.29 is 4.79 Å². The Hall–Kier alpha value is -0.570. The van der Waals surface area contributed by atoms with E-state index in [9.17, 15) is 4.79 Å². The van der Waals surface area contributed by atoms with Crippen LogP contribution in [0.5, 0.6) is 0 Å². The Morgan fingerprint density at radius 3 is 2.43 bits per heavy atom. The first kappa shape index (κ1) is 13.4. The molecule has 0 saturated heterocycles. The molecular formula is C11H24N2O. The van der Waals surface area contributed by atoms with E-state index in [1.165, 1.54) is 0 Å².